The molecule has 1 N–H and O–H groups in total. The molecule has 0 bridgehead atoms. The van der Waals surface area contributed by atoms with Crippen molar-refractivity contribution in [2.75, 3.05) is 0 Å². The van der Waals surface area contributed by atoms with Crippen LogP contribution in [0.1, 0.15) is 16.7 Å². The Labute approximate surface area is 115 Å². The number of nitro benzene ring substituents is 1. The van der Waals surface area contributed by atoms with Gasteiger partial charge in [0.15, 0.2) is 0 Å². The normalized spacial score (nSPS) is 10.3. The zero-order valence-electron chi connectivity index (χ0n) is 11.2. The van der Waals surface area contributed by atoms with Crippen LogP contribution in [0.5, 0.6) is 11.6 Å². The fourth-order valence-electron chi connectivity index (χ4n) is 1.78. The molecule has 1 aromatic heterocycles. The van der Waals surface area contributed by atoms with Crippen molar-refractivity contribution >= 4 is 5.69 Å². The van der Waals surface area contributed by atoms with Crippen LogP contribution >= 0.6 is 0 Å². The van der Waals surface area contributed by atoms with E-state index in [1.54, 1.807) is 19.1 Å². The summed E-state index contributed by atoms with van der Waals surface area (Å²) in [7, 11) is 0. The SMILES string of the molecule is Cc1cc([N+](=O)[O-])ccc1Oc1ncc(CO)cc1C. The van der Waals surface area contributed by atoms with Gasteiger partial charge in [0.2, 0.25) is 5.88 Å². The quantitative estimate of drug-likeness (QED) is 0.684. The van der Waals surface area contributed by atoms with Gasteiger partial charge in [0.25, 0.3) is 5.69 Å². The average molecular weight is 274 g/mol. The summed E-state index contributed by atoms with van der Waals surface area (Å²) in [4.78, 5) is 14.4. The number of aliphatic hydroxyl groups is 1. The van der Waals surface area contributed by atoms with E-state index in [0.717, 1.165) is 5.56 Å². The van der Waals surface area contributed by atoms with Gasteiger partial charge in [-0.1, -0.05) is 0 Å². The van der Waals surface area contributed by atoms with E-state index in [2.05, 4.69) is 4.98 Å². The van der Waals surface area contributed by atoms with Crippen molar-refractivity contribution in [1.82, 2.24) is 4.98 Å². The molecule has 0 aliphatic heterocycles. The molecule has 0 aliphatic rings. The van der Waals surface area contributed by atoms with Crippen molar-refractivity contribution in [1.29, 1.82) is 0 Å². The average Bonchev–Trinajstić information content (AvgIpc) is 2.42. The minimum absolute atomic E-state index is 0.0233. The van der Waals surface area contributed by atoms with Crippen LogP contribution in [0.3, 0.4) is 0 Å². The molecule has 0 saturated carbocycles. The second-order valence-corrected chi connectivity index (χ2v) is 4.43. The third kappa shape index (κ3) is 2.92. The van der Waals surface area contributed by atoms with Crippen LogP contribution in [0.15, 0.2) is 30.5 Å². The van der Waals surface area contributed by atoms with Crippen LogP contribution in [0.4, 0.5) is 5.69 Å². The summed E-state index contributed by atoms with van der Waals surface area (Å²) in [6, 6.07) is 6.17. The van der Waals surface area contributed by atoms with Crippen LogP contribution in [0.25, 0.3) is 0 Å². The summed E-state index contributed by atoms with van der Waals surface area (Å²) in [6.45, 7) is 3.48. The Balaban J connectivity index is 2.28. The first-order valence-corrected chi connectivity index (χ1v) is 6.00. The van der Waals surface area contributed by atoms with E-state index in [-0.39, 0.29) is 12.3 Å². The lowest BCUT2D eigenvalue weighted by molar-refractivity contribution is -0.384. The van der Waals surface area contributed by atoms with E-state index in [1.165, 1.54) is 18.3 Å². The monoisotopic (exact) mass is 274 g/mol. The van der Waals surface area contributed by atoms with E-state index in [1.807, 2.05) is 6.92 Å². The minimum Gasteiger partial charge on any atom is -0.438 e. The summed E-state index contributed by atoms with van der Waals surface area (Å²) in [6.07, 6.45) is 1.53. The molecular weight excluding hydrogens is 260 g/mol. The van der Waals surface area contributed by atoms with Crippen molar-refractivity contribution in [3.63, 3.8) is 0 Å². The second kappa shape index (κ2) is 5.66. The van der Waals surface area contributed by atoms with Gasteiger partial charge in [-0.05, 0) is 37.1 Å². The molecule has 0 aliphatic carbocycles. The Morgan fingerprint density at radius 1 is 1.30 bits per heavy atom. The Hall–Kier alpha value is -2.47. The fraction of sp³-hybridized carbons (Fsp3) is 0.214. The molecular formula is C14H14N2O4. The molecule has 1 aromatic carbocycles. The van der Waals surface area contributed by atoms with Gasteiger partial charge in [0.1, 0.15) is 5.75 Å². The Bertz CT molecular complexity index is 656. The Morgan fingerprint density at radius 3 is 2.60 bits per heavy atom. The Morgan fingerprint density at radius 2 is 2.05 bits per heavy atom. The second-order valence-electron chi connectivity index (χ2n) is 4.43. The minimum atomic E-state index is -0.448. The number of ether oxygens (including phenoxy) is 1. The molecule has 0 amide bonds. The van der Waals surface area contributed by atoms with E-state index < -0.39 is 4.92 Å². The number of pyridine rings is 1. The number of hydrogen-bond acceptors (Lipinski definition) is 5. The molecule has 1 heterocycles. The molecule has 104 valence electrons. The van der Waals surface area contributed by atoms with Crippen LogP contribution in [0.2, 0.25) is 0 Å². The molecule has 0 spiro atoms. The van der Waals surface area contributed by atoms with Gasteiger partial charge >= 0.3 is 0 Å². The van der Waals surface area contributed by atoms with Gasteiger partial charge in [0.05, 0.1) is 11.5 Å². The number of benzene rings is 1. The zero-order valence-corrected chi connectivity index (χ0v) is 11.2. The first kappa shape index (κ1) is 14.0. The maximum Gasteiger partial charge on any atom is 0.269 e. The van der Waals surface area contributed by atoms with Crippen LogP contribution in [-0.4, -0.2) is 15.0 Å². The molecule has 6 nitrogen and oxygen atoms in total. The maximum atomic E-state index is 10.7. The predicted molar refractivity (Wildman–Crippen MR) is 72.8 cm³/mol. The highest BCUT2D eigenvalue weighted by atomic mass is 16.6. The highest BCUT2D eigenvalue weighted by Gasteiger charge is 2.11. The summed E-state index contributed by atoms with van der Waals surface area (Å²) in [5.74, 6) is 0.933. The number of nitrogens with zero attached hydrogens (tertiary/aromatic N) is 2. The zero-order chi connectivity index (χ0) is 14.7. The number of rotatable bonds is 4. The van der Waals surface area contributed by atoms with Crippen molar-refractivity contribution in [3.05, 3.63) is 57.3 Å². The summed E-state index contributed by atoms with van der Waals surface area (Å²) < 4.78 is 5.66. The van der Waals surface area contributed by atoms with Crippen LogP contribution in [-0.2, 0) is 6.61 Å². The lowest BCUT2D eigenvalue weighted by Gasteiger charge is -2.10. The molecule has 0 radical (unpaired) electrons. The van der Waals surface area contributed by atoms with E-state index >= 15 is 0 Å². The van der Waals surface area contributed by atoms with Crippen molar-refractivity contribution in [2.45, 2.75) is 20.5 Å². The maximum absolute atomic E-state index is 10.7. The highest BCUT2D eigenvalue weighted by molar-refractivity contribution is 5.45. The molecule has 2 aromatic rings. The molecule has 20 heavy (non-hydrogen) atoms. The lowest BCUT2D eigenvalue weighted by atomic mass is 10.2. The van der Waals surface area contributed by atoms with E-state index in [0.29, 0.717) is 22.8 Å². The number of aliphatic hydroxyl groups excluding tert-OH is 1. The summed E-state index contributed by atoms with van der Waals surface area (Å²) in [5.41, 5.74) is 2.17. The molecule has 6 heteroatoms. The highest BCUT2D eigenvalue weighted by Crippen LogP contribution is 2.28. The summed E-state index contributed by atoms with van der Waals surface area (Å²) >= 11 is 0. The molecule has 0 fully saturated rings. The largest absolute Gasteiger partial charge is 0.438 e. The van der Waals surface area contributed by atoms with Crippen molar-refractivity contribution in [2.24, 2.45) is 0 Å². The number of aryl methyl sites for hydroxylation is 2. The molecule has 0 saturated heterocycles. The Kier molecular flexibility index (Phi) is 3.95. The molecule has 2 rings (SSSR count). The number of non-ortho nitro benzene ring substituents is 1. The van der Waals surface area contributed by atoms with Gasteiger partial charge in [-0.25, -0.2) is 4.98 Å². The number of aromatic nitrogens is 1. The lowest BCUT2D eigenvalue weighted by Crippen LogP contribution is -1.96. The van der Waals surface area contributed by atoms with E-state index in [9.17, 15) is 10.1 Å². The van der Waals surface area contributed by atoms with Crippen molar-refractivity contribution in [3.8, 4) is 11.6 Å². The molecule has 0 atom stereocenters. The van der Waals surface area contributed by atoms with Crippen LogP contribution < -0.4 is 4.74 Å². The van der Waals surface area contributed by atoms with Gasteiger partial charge in [-0.2, -0.15) is 0 Å². The third-order valence-electron chi connectivity index (χ3n) is 2.85. The van der Waals surface area contributed by atoms with Gasteiger partial charge in [0, 0.05) is 23.9 Å². The topological polar surface area (TPSA) is 85.5 Å². The van der Waals surface area contributed by atoms with Crippen LogP contribution in [0, 0.1) is 24.0 Å². The fourth-order valence-corrected chi connectivity index (χ4v) is 1.78. The van der Waals surface area contributed by atoms with E-state index in [4.69, 9.17) is 9.84 Å². The standard InChI is InChI=1S/C14H14N2O4/c1-9-6-12(16(18)19)3-4-13(9)20-14-10(2)5-11(8-17)7-15-14/h3-7,17H,8H2,1-2H3. The number of hydrogen-bond donors (Lipinski definition) is 1. The molecule has 0 unspecified atom stereocenters. The van der Waals surface area contributed by atoms with Gasteiger partial charge in [-0.3, -0.25) is 10.1 Å². The van der Waals surface area contributed by atoms with Gasteiger partial charge in [-0.15, -0.1) is 0 Å². The number of nitro groups is 1. The predicted octanol–water partition coefficient (Wildman–Crippen LogP) is 2.89. The third-order valence-corrected chi connectivity index (χ3v) is 2.85. The summed E-state index contributed by atoms with van der Waals surface area (Å²) in [5, 5.41) is 19.7. The van der Waals surface area contributed by atoms with Crippen molar-refractivity contribution < 1.29 is 14.8 Å². The smallest absolute Gasteiger partial charge is 0.269 e. The first-order chi connectivity index (χ1) is 9.51. The first-order valence-electron chi connectivity index (χ1n) is 6.00. The van der Waals surface area contributed by atoms with Gasteiger partial charge < -0.3 is 9.84 Å².